The molecule has 1 aromatic carbocycles. The molecule has 0 aliphatic rings. The van der Waals surface area contributed by atoms with Crippen LogP contribution in [0.5, 0.6) is 5.75 Å². The van der Waals surface area contributed by atoms with Crippen LogP contribution in [0.2, 0.25) is 0 Å². The number of nitrogens with zero attached hydrogens (tertiary/aromatic N) is 1. The monoisotopic (exact) mass is 297 g/mol. The molecular weight excluding hydrogens is 290 g/mol. The Morgan fingerprint density at radius 2 is 2.18 bits per heavy atom. The van der Waals surface area contributed by atoms with Crippen molar-refractivity contribution in [3.05, 3.63) is 34.0 Å². The van der Waals surface area contributed by atoms with Gasteiger partial charge in [0.05, 0.1) is 0 Å². The predicted molar refractivity (Wildman–Crippen MR) is 63.0 cm³/mol. The van der Waals surface area contributed by atoms with E-state index < -0.39 is 5.97 Å². The van der Waals surface area contributed by atoms with Crippen molar-refractivity contribution in [2.75, 3.05) is 0 Å². The molecule has 2 aromatic rings. The third kappa shape index (κ3) is 2.03. The second-order valence-corrected chi connectivity index (χ2v) is 4.34. The Morgan fingerprint density at radius 1 is 1.47 bits per heavy atom. The fraction of sp³-hybridized carbons (Fsp3) is 0.0909. The molecule has 0 aliphatic heterocycles. The van der Waals surface area contributed by atoms with Crippen molar-refractivity contribution in [3.8, 4) is 17.0 Å². The number of carboxylic acids is 1. The van der Waals surface area contributed by atoms with Crippen molar-refractivity contribution in [1.82, 2.24) is 5.16 Å². The van der Waals surface area contributed by atoms with Gasteiger partial charge in [0.2, 0.25) is 0 Å². The van der Waals surface area contributed by atoms with E-state index in [9.17, 15) is 9.90 Å². The standard InChI is InChI=1S/C11H8BrNO4/c1-5-9(11(15)16)10(13-17-5)7-4-6(12)2-3-8(7)14/h2-4,14H,1H3,(H,15,16). The first-order valence-electron chi connectivity index (χ1n) is 4.69. The Bertz CT molecular complexity index is 591. The van der Waals surface area contributed by atoms with Gasteiger partial charge in [-0.05, 0) is 25.1 Å². The molecule has 2 N–H and O–H groups in total. The molecule has 0 fully saturated rings. The van der Waals surface area contributed by atoms with E-state index in [0.717, 1.165) is 0 Å². The number of benzene rings is 1. The Balaban J connectivity index is 2.68. The van der Waals surface area contributed by atoms with Crippen molar-refractivity contribution in [2.24, 2.45) is 0 Å². The highest BCUT2D eigenvalue weighted by Crippen LogP contribution is 2.34. The van der Waals surface area contributed by atoms with Gasteiger partial charge in [-0.15, -0.1) is 0 Å². The van der Waals surface area contributed by atoms with E-state index in [2.05, 4.69) is 21.1 Å². The van der Waals surface area contributed by atoms with Crippen LogP contribution < -0.4 is 0 Å². The van der Waals surface area contributed by atoms with Crippen LogP contribution >= 0.6 is 15.9 Å². The summed E-state index contributed by atoms with van der Waals surface area (Å²) in [6.07, 6.45) is 0. The summed E-state index contributed by atoms with van der Waals surface area (Å²) in [7, 11) is 0. The van der Waals surface area contributed by atoms with Gasteiger partial charge in [0.1, 0.15) is 22.8 Å². The summed E-state index contributed by atoms with van der Waals surface area (Å²) in [4.78, 5) is 11.1. The number of phenolic OH excluding ortho intramolecular Hbond substituents is 1. The van der Waals surface area contributed by atoms with Gasteiger partial charge in [-0.3, -0.25) is 0 Å². The molecule has 17 heavy (non-hydrogen) atoms. The fourth-order valence-electron chi connectivity index (χ4n) is 1.51. The maximum absolute atomic E-state index is 11.1. The van der Waals surface area contributed by atoms with Crippen LogP contribution in [0.3, 0.4) is 0 Å². The number of carbonyl (C=O) groups is 1. The lowest BCUT2D eigenvalue weighted by molar-refractivity contribution is 0.0696. The summed E-state index contributed by atoms with van der Waals surface area (Å²) in [6.45, 7) is 1.51. The SMILES string of the molecule is Cc1onc(-c2cc(Br)ccc2O)c1C(=O)O. The first-order chi connectivity index (χ1) is 8.00. The van der Waals surface area contributed by atoms with Gasteiger partial charge in [-0.25, -0.2) is 4.79 Å². The van der Waals surface area contributed by atoms with Crippen LogP contribution in [0.4, 0.5) is 0 Å². The Labute approximate surface area is 105 Å². The van der Waals surface area contributed by atoms with E-state index in [-0.39, 0.29) is 22.8 Å². The zero-order valence-electron chi connectivity index (χ0n) is 8.77. The molecule has 1 aromatic heterocycles. The van der Waals surface area contributed by atoms with Crippen LogP contribution in [0.25, 0.3) is 11.3 Å². The first kappa shape index (κ1) is 11.7. The predicted octanol–water partition coefficient (Wildman–Crippen LogP) is 2.82. The molecular formula is C11H8BrNO4. The van der Waals surface area contributed by atoms with Gasteiger partial charge >= 0.3 is 5.97 Å². The number of phenols is 1. The van der Waals surface area contributed by atoms with Gasteiger partial charge in [0.25, 0.3) is 0 Å². The summed E-state index contributed by atoms with van der Waals surface area (Å²) in [5.41, 5.74) is 0.390. The number of aromatic nitrogens is 1. The molecule has 6 heteroatoms. The van der Waals surface area contributed by atoms with Crippen molar-refractivity contribution < 1.29 is 19.5 Å². The van der Waals surface area contributed by atoms with Gasteiger partial charge in [-0.2, -0.15) is 0 Å². The molecule has 0 radical (unpaired) electrons. The summed E-state index contributed by atoms with van der Waals surface area (Å²) >= 11 is 3.25. The maximum Gasteiger partial charge on any atom is 0.341 e. The average Bonchev–Trinajstić information content (AvgIpc) is 2.64. The number of carboxylic acid groups (broad SMARTS) is 1. The van der Waals surface area contributed by atoms with Gasteiger partial charge in [0.15, 0.2) is 0 Å². The number of rotatable bonds is 2. The Morgan fingerprint density at radius 3 is 2.82 bits per heavy atom. The minimum Gasteiger partial charge on any atom is -0.507 e. The fourth-order valence-corrected chi connectivity index (χ4v) is 1.87. The number of halogens is 1. The number of aromatic carboxylic acids is 1. The number of aryl methyl sites for hydroxylation is 1. The lowest BCUT2D eigenvalue weighted by Crippen LogP contribution is -1.99. The lowest BCUT2D eigenvalue weighted by atomic mass is 10.1. The van der Waals surface area contributed by atoms with Gasteiger partial charge in [-0.1, -0.05) is 21.1 Å². The third-order valence-electron chi connectivity index (χ3n) is 2.29. The molecule has 0 amide bonds. The van der Waals surface area contributed by atoms with Crippen LogP contribution in [-0.2, 0) is 0 Å². The topological polar surface area (TPSA) is 83.6 Å². The molecule has 0 saturated carbocycles. The summed E-state index contributed by atoms with van der Waals surface area (Å²) in [6, 6.07) is 4.68. The van der Waals surface area contributed by atoms with E-state index in [4.69, 9.17) is 9.63 Å². The van der Waals surface area contributed by atoms with E-state index in [1.54, 1.807) is 12.1 Å². The smallest absolute Gasteiger partial charge is 0.341 e. The first-order valence-corrected chi connectivity index (χ1v) is 5.48. The summed E-state index contributed by atoms with van der Waals surface area (Å²) < 4.78 is 5.56. The molecule has 1 heterocycles. The van der Waals surface area contributed by atoms with Crippen LogP contribution in [-0.4, -0.2) is 21.3 Å². The van der Waals surface area contributed by atoms with E-state index in [1.807, 2.05) is 0 Å². The minimum atomic E-state index is -1.14. The zero-order valence-corrected chi connectivity index (χ0v) is 10.4. The highest BCUT2D eigenvalue weighted by molar-refractivity contribution is 9.10. The number of hydrogen-bond donors (Lipinski definition) is 2. The highest BCUT2D eigenvalue weighted by atomic mass is 79.9. The van der Waals surface area contributed by atoms with E-state index in [0.29, 0.717) is 10.0 Å². The molecule has 0 aliphatic carbocycles. The Kier molecular flexibility index (Phi) is 2.89. The van der Waals surface area contributed by atoms with Crippen LogP contribution in [0, 0.1) is 6.92 Å². The minimum absolute atomic E-state index is 0.0431. The molecule has 0 bridgehead atoms. The van der Waals surface area contributed by atoms with Crippen LogP contribution in [0.1, 0.15) is 16.1 Å². The Hall–Kier alpha value is -1.82. The van der Waals surface area contributed by atoms with Gasteiger partial charge in [0, 0.05) is 10.0 Å². The van der Waals surface area contributed by atoms with E-state index in [1.165, 1.54) is 13.0 Å². The van der Waals surface area contributed by atoms with Crippen molar-refractivity contribution in [2.45, 2.75) is 6.92 Å². The summed E-state index contributed by atoms with van der Waals surface area (Å²) in [5, 5.41) is 22.4. The number of hydrogen-bond acceptors (Lipinski definition) is 4. The molecule has 5 nitrogen and oxygen atoms in total. The molecule has 88 valence electrons. The largest absolute Gasteiger partial charge is 0.507 e. The normalized spacial score (nSPS) is 10.5. The number of aromatic hydroxyl groups is 1. The highest BCUT2D eigenvalue weighted by Gasteiger charge is 2.22. The molecule has 0 atom stereocenters. The third-order valence-corrected chi connectivity index (χ3v) is 2.78. The maximum atomic E-state index is 11.1. The molecule has 2 rings (SSSR count). The summed E-state index contributed by atoms with van der Waals surface area (Å²) in [5.74, 6) is -0.992. The van der Waals surface area contributed by atoms with Crippen molar-refractivity contribution in [1.29, 1.82) is 0 Å². The average molecular weight is 298 g/mol. The zero-order chi connectivity index (χ0) is 12.6. The van der Waals surface area contributed by atoms with Crippen molar-refractivity contribution in [3.63, 3.8) is 0 Å². The quantitative estimate of drug-likeness (QED) is 0.890. The van der Waals surface area contributed by atoms with Gasteiger partial charge < -0.3 is 14.7 Å². The molecule has 0 saturated heterocycles. The van der Waals surface area contributed by atoms with Crippen molar-refractivity contribution >= 4 is 21.9 Å². The second kappa shape index (κ2) is 4.21. The van der Waals surface area contributed by atoms with E-state index >= 15 is 0 Å². The molecule has 0 spiro atoms. The second-order valence-electron chi connectivity index (χ2n) is 3.43. The molecule has 0 unspecified atom stereocenters. The van der Waals surface area contributed by atoms with Crippen LogP contribution in [0.15, 0.2) is 27.2 Å². The lowest BCUT2D eigenvalue weighted by Gasteiger charge is -2.02.